The Bertz CT molecular complexity index is 97.5. The van der Waals surface area contributed by atoms with Crippen molar-refractivity contribution in [3.63, 3.8) is 0 Å². The first-order valence-electron chi connectivity index (χ1n) is 3.87. The average Bonchev–Trinajstić information content (AvgIpc) is 1.87. The lowest BCUT2D eigenvalue weighted by Gasteiger charge is -2.49. The van der Waals surface area contributed by atoms with E-state index in [9.17, 15) is 0 Å². The third kappa shape index (κ3) is 0.864. The molecule has 3 heterocycles. The van der Waals surface area contributed by atoms with E-state index in [1.54, 1.807) is 0 Å². The molecular weight excluding hydrogens is 112 g/mol. The minimum Gasteiger partial charge on any atom is -0.307 e. The quantitative estimate of drug-likeness (QED) is 0.534. The lowest BCUT2D eigenvalue weighted by Crippen LogP contribution is -2.68. The summed E-state index contributed by atoms with van der Waals surface area (Å²) in [6.07, 6.45) is 1.28. The van der Waals surface area contributed by atoms with Crippen LogP contribution in [0.4, 0.5) is 0 Å². The number of hydrogen-bond acceptors (Lipinski definition) is 2. The maximum absolute atomic E-state index is 3.59. The molecule has 1 atom stereocenters. The lowest BCUT2D eigenvalue weighted by molar-refractivity contribution is 0.0513. The summed E-state index contributed by atoms with van der Waals surface area (Å²) in [5, 5.41) is 3.59. The van der Waals surface area contributed by atoms with Gasteiger partial charge < -0.3 is 5.32 Å². The molecule has 0 saturated carbocycles. The Hall–Kier alpha value is -0.0800. The van der Waals surface area contributed by atoms with Gasteiger partial charge in [-0.05, 0) is 6.42 Å². The van der Waals surface area contributed by atoms with Crippen LogP contribution in [-0.2, 0) is 0 Å². The van der Waals surface area contributed by atoms with Crippen molar-refractivity contribution in [2.45, 2.75) is 25.4 Å². The highest BCUT2D eigenvalue weighted by Gasteiger charge is 2.34. The Balaban J connectivity index is 1.89. The zero-order valence-corrected chi connectivity index (χ0v) is 5.93. The minimum absolute atomic E-state index is 0.789. The number of rotatable bonds is 1. The molecule has 1 N–H and O–H groups in total. The van der Waals surface area contributed by atoms with Crippen molar-refractivity contribution in [2.24, 2.45) is 0 Å². The zero-order chi connectivity index (χ0) is 6.27. The van der Waals surface area contributed by atoms with Crippen molar-refractivity contribution in [3.8, 4) is 0 Å². The van der Waals surface area contributed by atoms with Crippen LogP contribution >= 0.6 is 0 Å². The van der Waals surface area contributed by atoms with Gasteiger partial charge in [-0.1, -0.05) is 6.92 Å². The van der Waals surface area contributed by atoms with E-state index in [2.05, 4.69) is 17.1 Å². The summed E-state index contributed by atoms with van der Waals surface area (Å²) >= 11 is 0. The van der Waals surface area contributed by atoms with E-state index in [-0.39, 0.29) is 0 Å². The Kier molecular flexibility index (Phi) is 1.24. The number of fused-ring (bicyclic) bond motifs is 2. The van der Waals surface area contributed by atoms with Crippen molar-refractivity contribution in [3.05, 3.63) is 0 Å². The number of nitrogens with one attached hydrogen (secondary N) is 1. The highest BCUT2D eigenvalue weighted by atomic mass is 15.3. The second-order valence-corrected chi connectivity index (χ2v) is 3.19. The standard InChI is InChI=1S/C7H14N2/c1-2-6-3-9-4-7(5-9)8-6/h6-8H,2-5H2,1H3/t6-/m1/s1. The van der Waals surface area contributed by atoms with Crippen LogP contribution in [0.3, 0.4) is 0 Å². The van der Waals surface area contributed by atoms with Gasteiger partial charge >= 0.3 is 0 Å². The van der Waals surface area contributed by atoms with Crippen LogP contribution in [0.1, 0.15) is 13.3 Å². The molecule has 0 aromatic carbocycles. The molecule has 0 aromatic rings. The van der Waals surface area contributed by atoms with Gasteiger partial charge in [-0.3, -0.25) is 4.90 Å². The SMILES string of the molecule is CC[C@@H]1CN2CC(C2)N1. The molecule has 0 spiro atoms. The van der Waals surface area contributed by atoms with E-state index in [0.29, 0.717) is 0 Å². The first-order valence-corrected chi connectivity index (χ1v) is 3.87. The molecule has 9 heavy (non-hydrogen) atoms. The molecule has 3 aliphatic heterocycles. The topological polar surface area (TPSA) is 15.3 Å². The third-order valence-corrected chi connectivity index (χ3v) is 2.40. The molecule has 2 nitrogen and oxygen atoms in total. The van der Waals surface area contributed by atoms with Crippen LogP contribution in [0.15, 0.2) is 0 Å². The fourth-order valence-electron chi connectivity index (χ4n) is 1.77. The summed E-state index contributed by atoms with van der Waals surface area (Å²) in [6.45, 7) is 6.14. The molecule has 3 aliphatic rings. The molecule has 2 heteroatoms. The van der Waals surface area contributed by atoms with E-state index >= 15 is 0 Å². The van der Waals surface area contributed by atoms with Crippen molar-refractivity contribution >= 4 is 0 Å². The van der Waals surface area contributed by atoms with E-state index < -0.39 is 0 Å². The van der Waals surface area contributed by atoms with Crippen LogP contribution < -0.4 is 5.32 Å². The molecule has 3 fully saturated rings. The van der Waals surface area contributed by atoms with Crippen LogP contribution in [-0.4, -0.2) is 36.6 Å². The summed E-state index contributed by atoms with van der Waals surface area (Å²) in [6, 6.07) is 1.63. The average molecular weight is 126 g/mol. The smallest absolute Gasteiger partial charge is 0.0325 e. The van der Waals surface area contributed by atoms with Gasteiger partial charge in [-0.2, -0.15) is 0 Å². The molecular formula is C7H14N2. The molecule has 0 aliphatic carbocycles. The van der Waals surface area contributed by atoms with Gasteiger partial charge in [0, 0.05) is 31.7 Å². The fourth-order valence-corrected chi connectivity index (χ4v) is 1.77. The molecule has 2 bridgehead atoms. The van der Waals surface area contributed by atoms with Crippen molar-refractivity contribution in [1.29, 1.82) is 0 Å². The van der Waals surface area contributed by atoms with Crippen LogP contribution in [0.5, 0.6) is 0 Å². The van der Waals surface area contributed by atoms with Gasteiger partial charge in [-0.15, -0.1) is 0 Å². The molecule has 0 aromatic heterocycles. The number of nitrogens with zero attached hydrogens (tertiary/aromatic N) is 1. The van der Waals surface area contributed by atoms with Crippen LogP contribution in [0.25, 0.3) is 0 Å². The summed E-state index contributed by atoms with van der Waals surface area (Å²) in [7, 11) is 0. The van der Waals surface area contributed by atoms with E-state index in [4.69, 9.17) is 0 Å². The fraction of sp³-hybridized carbons (Fsp3) is 1.00. The van der Waals surface area contributed by atoms with Gasteiger partial charge in [0.1, 0.15) is 0 Å². The summed E-state index contributed by atoms with van der Waals surface area (Å²) in [5.41, 5.74) is 0. The van der Waals surface area contributed by atoms with Gasteiger partial charge in [0.05, 0.1) is 0 Å². The predicted octanol–water partition coefficient (Wildman–Crippen LogP) is 0.0524. The van der Waals surface area contributed by atoms with Gasteiger partial charge in [0.15, 0.2) is 0 Å². The number of piperazine rings is 2. The number of hydrogen-bond donors (Lipinski definition) is 1. The van der Waals surface area contributed by atoms with E-state index in [1.807, 2.05) is 0 Å². The molecule has 52 valence electrons. The summed E-state index contributed by atoms with van der Waals surface area (Å²) in [5.74, 6) is 0. The summed E-state index contributed by atoms with van der Waals surface area (Å²) < 4.78 is 0. The highest BCUT2D eigenvalue weighted by Crippen LogP contribution is 2.16. The van der Waals surface area contributed by atoms with E-state index in [0.717, 1.165) is 12.1 Å². The molecule has 3 saturated heterocycles. The minimum atomic E-state index is 0.789. The van der Waals surface area contributed by atoms with Crippen molar-refractivity contribution < 1.29 is 0 Å². The monoisotopic (exact) mass is 126 g/mol. The maximum atomic E-state index is 3.59. The molecule has 0 radical (unpaired) electrons. The van der Waals surface area contributed by atoms with Gasteiger partial charge in [0.2, 0.25) is 0 Å². The van der Waals surface area contributed by atoms with Crippen molar-refractivity contribution in [1.82, 2.24) is 10.2 Å². The Morgan fingerprint density at radius 1 is 1.44 bits per heavy atom. The maximum Gasteiger partial charge on any atom is 0.0325 e. The Morgan fingerprint density at radius 2 is 2.22 bits per heavy atom. The zero-order valence-electron chi connectivity index (χ0n) is 5.93. The lowest BCUT2D eigenvalue weighted by atomic mass is 10.00. The molecule has 3 rings (SSSR count). The second-order valence-electron chi connectivity index (χ2n) is 3.19. The first kappa shape index (κ1) is 5.69. The highest BCUT2D eigenvalue weighted by molar-refractivity contribution is 4.95. The van der Waals surface area contributed by atoms with Gasteiger partial charge in [-0.25, -0.2) is 0 Å². The normalized spacial score (nSPS) is 48.3. The van der Waals surface area contributed by atoms with Crippen LogP contribution in [0, 0.1) is 0 Å². The van der Waals surface area contributed by atoms with E-state index in [1.165, 1.54) is 26.1 Å². The molecule has 0 amide bonds. The van der Waals surface area contributed by atoms with Crippen molar-refractivity contribution in [2.75, 3.05) is 19.6 Å². The second kappa shape index (κ2) is 1.96. The summed E-state index contributed by atoms with van der Waals surface area (Å²) in [4.78, 5) is 2.52. The molecule has 0 unspecified atom stereocenters. The largest absolute Gasteiger partial charge is 0.307 e. The Morgan fingerprint density at radius 3 is 2.56 bits per heavy atom. The third-order valence-electron chi connectivity index (χ3n) is 2.40. The van der Waals surface area contributed by atoms with Gasteiger partial charge in [0.25, 0.3) is 0 Å². The predicted molar refractivity (Wildman–Crippen MR) is 37.4 cm³/mol. The Labute approximate surface area is 56.2 Å². The first-order chi connectivity index (χ1) is 4.38. The van der Waals surface area contributed by atoms with Crippen LogP contribution in [0.2, 0.25) is 0 Å².